The number of aliphatic imine (C=N–C) groups is 1. The fourth-order valence-corrected chi connectivity index (χ4v) is 3.53. The Balaban J connectivity index is 0.00000306. The van der Waals surface area contributed by atoms with Crippen molar-refractivity contribution in [3.05, 3.63) is 66.2 Å². The largest absolute Gasteiger partial charge is 0.459 e. The summed E-state index contributed by atoms with van der Waals surface area (Å²) in [6.07, 6.45) is 3.74. The minimum Gasteiger partial charge on any atom is -0.459 e. The Morgan fingerprint density at radius 3 is 2.52 bits per heavy atom. The first-order valence-corrected chi connectivity index (χ1v) is 10.7. The van der Waals surface area contributed by atoms with Crippen molar-refractivity contribution in [3.63, 3.8) is 0 Å². The van der Waals surface area contributed by atoms with Crippen molar-refractivity contribution < 1.29 is 18.0 Å². The predicted octanol–water partition coefficient (Wildman–Crippen LogP) is 3.66. The second-order valence-electron chi connectivity index (χ2n) is 7.39. The number of nitrogens with zero attached hydrogens (tertiary/aromatic N) is 4. The summed E-state index contributed by atoms with van der Waals surface area (Å²) in [5, 5.41) is 3.32. The van der Waals surface area contributed by atoms with Crippen LogP contribution in [0.3, 0.4) is 0 Å². The summed E-state index contributed by atoms with van der Waals surface area (Å²) in [5.74, 6) is 1.27. The smallest absolute Gasteiger partial charge is 0.289 e. The summed E-state index contributed by atoms with van der Waals surface area (Å²) < 4.78 is 23.8. The monoisotopic (exact) mass is 567 g/mol. The van der Waals surface area contributed by atoms with Crippen molar-refractivity contribution >= 4 is 35.8 Å². The second kappa shape index (κ2) is 11.8. The van der Waals surface area contributed by atoms with E-state index in [2.05, 4.69) is 15.2 Å². The molecule has 2 aromatic heterocycles. The average Bonchev–Trinajstić information content (AvgIpc) is 3.51. The number of furan rings is 1. The normalized spacial score (nSPS) is 14.2. The van der Waals surface area contributed by atoms with Crippen LogP contribution in [-0.2, 0) is 6.42 Å². The van der Waals surface area contributed by atoms with E-state index < -0.39 is 0 Å². The molecule has 33 heavy (non-hydrogen) atoms. The van der Waals surface area contributed by atoms with Crippen molar-refractivity contribution in [3.8, 4) is 11.5 Å². The minimum absolute atomic E-state index is 0. The zero-order valence-corrected chi connectivity index (χ0v) is 20.7. The van der Waals surface area contributed by atoms with Crippen LogP contribution in [0.5, 0.6) is 0 Å². The molecule has 1 amide bonds. The number of benzene rings is 1. The molecule has 0 aliphatic carbocycles. The topological polar surface area (TPSA) is 87.1 Å². The molecule has 3 aromatic rings. The molecule has 10 heteroatoms. The highest BCUT2D eigenvalue weighted by Crippen LogP contribution is 2.19. The van der Waals surface area contributed by atoms with Gasteiger partial charge in [-0.15, -0.1) is 24.0 Å². The molecule has 4 rings (SSSR count). The zero-order valence-electron chi connectivity index (χ0n) is 18.4. The van der Waals surface area contributed by atoms with Crippen LogP contribution in [0.2, 0.25) is 0 Å². The summed E-state index contributed by atoms with van der Waals surface area (Å²) in [6.45, 7) is 5.92. The van der Waals surface area contributed by atoms with Crippen LogP contribution in [-0.4, -0.2) is 65.9 Å². The van der Waals surface area contributed by atoms with Crippen molar-refractivity contribution in [2.45, 2.75) is 13.3 Å². The van der Waals surface area contributed by atoms with E-state index in [0.29, 0.717) is 50.8 Å². The van der Waals surface area contributed by atoms with Gasteiger partial charge in [0.05, 0.1) is 12.0 Å². The molecule has 8 nitrogen and oxygen atoms in total. The molecule has 0 spiro atoms. The SMILES string of the molecule is CCNC(=NCCc1coc(-c2ccc(F)cc2)n1)N1CCN(C(=O)c2ccco2)CC1.I. The maximum Gasteiger partial charge on any atom is 0.289 e. The Morgan fingerprint density at radius 1 is 1.12 bits per heavy atom. The third-order valence-electron chi connectivity index (χ3n) is 5.21. The molecule has 1 fully saturated rings. The van der Waals surface area contributed by atoms with Crippen molar-refractivity contribution in [1.82, 2.24) is 20.1 Å². The van der Waals surface area contributed by atoms with Crippen LogP contribution in [0.4, 0.5) is 4.39 Å². The van der Waals surface area contributed by atoms with Crippen LogP contribution >= 0.6 is 24.0 Å². The van der Waals surface area contributed by atoms with E-state index in [1.807, 2.05) is 6.92 Å². The van der Waals surface area contributed by atoms with Gasteiger partial charge >= 0.3 is 0 Å². The van der Waals surface area contributed by atoms with Gasteiger partial charge in [0.2, 0.25) is 5.89 Å². The van der Waals surface area contributed by atoms with Gasteiger partial charge in [0.15, 0.2) is 11.7 Å². The van der Waals surface area contributed by atoms with Crippen LogP contribution in [0.15, 0.2) is 62.8 Å². The maximum atomic E-state index is 13.1. The number of carbonyl (C=O) groups is 1. The molecular formula is C23H27FIN5O3. The molecule has 0 radical (unpaired) electrons. The van der Waals surface area contributed by atoms with E-state index in [4.69, 9.17) is 13.8 Å². The number of amides is 1. The number of halogens is 2. The lowest BCUT2D eigenvalue weighted by molar-refractivity contribution is 0.0657. The predicted molar refractivity (Wildman–Crippen MR) is 133 cm³/mol. The van der Waals surface area contributed by atoms with E-state index in [1.54, 1.807) is 35.4 Å². The van der Waals surface area contributed by atoms with Crippen molar-refractivity contribution in [1.29, 1.82) is 0 Å². The third-order valence-corrected chi connectivity index (χ3v) is 5.21. The lowest BCUT2D eigenvalue weighted by Crippen LogP contribution is -2.53. The molecular weight excluding hydrogens is 540 g/mol. The van der Waals surface area contributed by atoms with Crippen LogP contribution in [0.1, 0.15) is 23.2 Å². The summed E-state index contributed by atoms with van der Waals surface area (Å²) in [4.78, 5) is 25.6. The highest BCUT2D eigenvalue weighted by molar-refractivity contribution is 14.0. The Bertz CT molecular complexity index is 1040. The summed E-state index contributed by atoms with van der Waals surface area (Å²) >= 11 is 0. The van der Waals surface area contributed by atoms with Crippen LogP contribution in [0.25, 0.3) is 11.5 Å². The number of guanidine groups is 1. The Kier molecular flexibility index (Phi) is 8.87. The first-order valence-electron chi connectivity index (χ1n) is 10.7. The lowest BCUT2D eigenvalue weighted by atomic mass is 10.2. The number of nitrogens with one attached hydrogen (secondary N) is 1. The van der Waals surface area contributed by atoms with Gasteiger partial charge in [-0.1, -0.05) is 0 Å². The quantitative estimate of drug-likeness (QED) is 0.278. The van der Waals surface area contributed by atoms with Gasteiger partial charge in [0.25, 0.3) is 5.91 Å². The summed E-state index contributed by atoms with van der Waals surface area (Å²) in [6, 6.07) is 9.45. The first kappa shape index (κ1) is 24.7. The van der Waals surface area contributed by atoms with E-state index in [1.165, 1.54) is 18.4 Å². The van der Waals surface area contributed by atoms with E-state index in [-0.39, 0.29) is 35.7 Å². The van der Waals surface area contributed by atoms with Gasteiger partial charge < -0.3 is 24.0 Å². The minimum atomic E-state index is -0.294. The fraction of sp³-hybridized carbons (Fsp3) is 0.348. The van der Waals surface area contributed by atoms with Crippen molar-refractivity contribution in [2.75, 3.05) is 39.3 Å². The molecule has 1 aliphatic rings. The number of piperazine rings is 1. The maximum absolute atomic E-state index is 13.1. The lowest BCUT2D eigenvalue weighted by Gasteiger charge is -2.36. The number of rotatable bonds is 6. The standard InChI is InChI=1S/C23H26FN5O3.HI/c1-2-25-23(29-13-11-28(12-14-29)22(30)20-4-3-15-31-20)26-10-9-19-16-32-21(27-19)17-5-7-18(24)8-6-17;/h3-8,15-16H,2,9-14H2,1H3,(H,25,26);1H. The molecule has 1 aliphatic heterocycles. The Hall–Kier alpha value is -2.89. The molecule has 0 atom stereocenters. The summed E-state index contributed by atoms with van der Waals surface area (Å²) in [5.41, 5.74) is 1.52. The van der Waals surface area contributed by atoms with Gasteiger partial charge in [0.1, 0.15) is 12.1 Å². The average molecular weight is 567 g/mol. The molecule has 0 bridgehead atoms. The van der Waals surface area contributed by atoms with Crippen LogP contribution in [0, 0.1) is 5.82 Å². The van der Waals surface area contributed by atoms with E-state index >= 15 is 0 Å². The van der Waals surface area contributed by atoms with Gasteiger partial charge in [-0.25, -0.2) is 9.37 Å². The molecule has 176 valence electrons. The Morgan fingerprint density at radius 2 is 1.85 bits per heavy atom. The molecule has 0 saturated carbocycles. The summed E-state index contributed by atoms with van der Waals surface area (Å²) in [7, 11) is 0. The Labute approximate surface area is 208 Å². The van der Waals surface area contributed by atoms with E-state index in [0.717, 1.165) is 23.8 Å². The van der Waals surface area contributed by atoms with Crippen LogP contribution < -0.4 is 5.32 Å². The first-order chi connectivity index (χ1) is 15.6. The van der Waals surface area contributed by atoms with E-state index in [9.17, 15) is 9.18 Å². The number of hydrogen-bond donors (Lipinski definition) is 1. The number of oxazole rings is 1. The molecule has 1 aromatic carbocycles. The third kappa shape index (κ3) is 6.34. The number of carbonyl (C=O) groups excluding carboxylic acids is 1. The molecule has 1 saturated heterocycles. The second-order valence-corrected chi connectivity index (χ2v) is 7.39. The van der Waals surface area contributed by atoms with Gasteiger partial charge in [-0.05, 0) is 43.3 Å². The molecule has 3 heterocycles. The zero-order chi connectivity index (χ0) is 22.3. The van der Waals surface area contributed by atoms with Gasteiger partial charge in [-0.3, -0.25) is 9.79 Å². The molecule has 0 unspecified atom stereocenters. The fourth-order valence-electron chi connectivity index (χ4n) is 3.53. The highest BCUT2D eigenvalue weighted by Gasteiger charge is 2.25. The number of aromatic nitrogens is 1. The highest BCUT2D eigenvalue weighted by atomic mass is 127. The number of hydrogen-bond acceptors (Lipinski definition) is 5. The van der Waals surface area contributed by atoms with Gasteiger partial charge in [-0.2, -0.15) is 0 Å². The van der Waals surface area contributed by atoms with Gasteiger partial charge in [0, 0.05) is 51.3 Å². The molecule has 1 N–H and O–H groups in total. The van der Waals surface area contributed by atoms with Crippen molar-refractivity contribution in [2.24, 2.45) is 4.99 Å².